The van der Waals surface area contributed by atoms with Crippen LogP contribution in [0, 0.1) is 0 Å². The molecule has 100 valence electrons. The Morgan fingerprint density at radius 2 is 2.06 bits per heavy atom. The molecule has 0 aliphatic rings. The highest BCUT2D eigenvalue weighted by Gasteiger charge is 2.07. The molecule has 1 heterocycles. The minimum atomic E-state index is -1.04. The fourth-order valence-corrected chi connectivity index (χ4v) is 1.72. The Morgan fingerprint density at radius 1 is 1.33 bits per heavy atom. The third kappa shape index (κ3) is 4.89. The lowest BCUT2D eigenvalue weighted by atomic mass is 10.2. The molecule has 0 radical (unpaired) electrons. The molecule has 0 unspecified atom stereocenters. The lowest BCUT2D eigenvalue weighted by Crippen LogP contribution is -2.05. The van der Waals surface area contributed by atoms with E-state index in [1.807, 2.05) is 0 Å². The predicted octanol–water partition coefficient (Wildman–Crippen LogP) is 2.40. The van der Waals surface area contributed by atoms with Gasteiger partial charge in [-0.2, -0.15) is 0 Å². The first-order chi connectivity index (χ1) is 8.65. The highest BCUT2D eigenvalue weighted by atomic mass is 35.5. The number of hydrogen-bond acceptors (Lipinski definition) is 4. The molecule has 0 amide bonds. The number of rotatable bonds is 8. The molecule has 1 rings (SSSR count). The molecular formula is C12H17ClN2O3. The minimum absolute atomic E-state index is 0.0773. The molecule has 3 N–H and O–H groups in total. The Labute approximate surface area is 111 Å². The number of aromatic nitrogens is 1. The number of carboxylic acid groups (broad SMARTS) is 1. The van der Waals surface area contributed by atoms with Crippen LogP contribution in [-0.2, 0) is 0 Å². The fourth-order valence-electron chi connectivity index (χ4n) is 1.48. The van der Waals surface area contributed by atoms with Gasteiger partial charge in [0.05, 0.1) is 10.6 Å². The number of carboxylic acids is 1. The normalized spacial score (nSPS) is 10.3. The Morgan fingerprint density at radius 3 is 2.67 bits per heavy atom. The number of halogens is 1. The summed E-state index contributed by atoms with van der Waals surface area (Å²) >= 11 is 5.91. The second-order valence-corrected chi connectivity index (χ2v) is 4.33. The molecule has 0 saturated carbocycles. The fraction of sp³-hybridized carbons (Fsp3) is 0.500. The molecule has 0 aromatic carbocycles. The van der Waals surface area contributed by atoms with Crippen LogP contribution in [0.25, 0.3) is 0 Å². The number of pyridine rings is 1. The van der Waals surface area contributed by atoms with E-state index in [9.17, 15) is 4.79 Å². The van der Waals surface area contributed by atoms with Crippen molar-refractivity contribution in [3.8, 4) is 0 Å². The van der Waals surface area contributed by atoms with Crippen molar-refractivity contribution in [2.45, 2.75) is 25.7 Å². The van der Waals surface area contributed by atoms with Crippen molar-refractivity contribution in [1.29, 1.82) is 0 Å². The SMILES string of the molecule is O=C(O)c1cnc(NCCCCCCO)c(Cl)c1. The number of hydrogen-bond donors (Lipinski definition) is 3. The van der Waals surface area contributed by atoms with Crippen molar-refractivity contribution in [1.82, 2.24) is 4.98 Å². The van der Waals surface area contributed by atoms with Crippen LogP contribution in [0.1, 0.15) is 36.0 Å². The maximum Gasteiger partial charge on any atom is 0.337 e. The number of anilines is 1. The van der Waals surface area contributed by atoms with Crippen LogP contribution in [0.4, 0.5) is 5.82 Å². The monoisotopic (exact) mass is 272 g/mol. The summed E-state index contributed by atoms with van der Waals surface area (Å²) < 4.78 is 0. The first-order valence-corrected chi connectivity index (χ1v) is 6.26. The lowest BCUT2D eigenvalue weighted by molar-refractivity contribution is 0.0696. The Hall–Kier alpha value is -1.33. The van der Waals surface area contributed by atoms with Crippen molar-refractivity contribution in [2.24, 2.45) is 0 Å². The van der Waals surface area contributed by atoms with Crippen molar-refractivity contribution < 1.29 is 15.0 Å². The summed E-state index contributed by atoms with van der Waals surface area (Å²) in [6, 6.07) is 1.38. The van der Waals surface area contributed by atoms with E-state index in [1.54, 1.807) is 0 Å². The van der Waals surface area contributed by atoms with Crippen molar-refractivity contribution >= 4 is 23.4 Å². The van der Waals surface area contributed by atoms with Gasteiger partial charge in [-0.1, -0.05) is 24.4 Å². The molecule has 0 aliphatic carbocycles. The van der Waals surface area contributed by atoms with Gasteiger partial charge in [0, 0.05) is 19.3 Å². The van der Waals surface area contributed by atoms with E-state index >= 15 is 0 Å². The number of nitrogens with one attached hydrogen (secondary N) is 1. The molecule has 6 heteroatoms. The summed E-state index contributed by atoms with van der Waals surface area (Å²) in [6.07, 6.45) is 5.09. The van der Waals surface area contributed by atoms with Crippen LogP contribution in [-0.4, -0.2) is 34.3 Å². The lowest BCUT2D eigenvalue weighted by Gasteiger charge is -2.07. The largest absolute Gasteiger partial charge is 0.478 e. The Kier molecular flexibility index (Phi) is 6.46. The molecule has 1 aromatic rings. The highest BCUT2D eigenvalue weighted by molar-refractivity contribution is 6.33. The standard InChI is InChI=1S/C12H17ClN2O3/c13-10-7-9(12(17)18)8-15-11(10)14-5-3-1-2-4-6-16/h7-8,16H,1-6H2,(H,14,15)(H,17,18). The second-order valence-electron chi connectivity index (χ2n) is 3.92. The number of aromatic carboxylic acids is 1. The van der Waals surface area contributed by atoms with E-state index in [1.165, 1.54) is 12.3 Å². The summed E-state index contributed by atoms with van der Waals surface area (Å²) in [5, 5.41) is 20.7. The number of nitrogens with zero attached hydrogens (tertiary/aromatic N) is 1. The molecule has 18 heavy (non-hydrogen) atoms. The summed E-state index contributed by atoms with van der Waals surface area (Å²) in [5.41, 5.74) is 0.0773. The summed E-state index contributed by atoms with van der Waals surface area (Å²) in [7, 11) is 0. The third-order valence-electron chi connectivity index (χ3n) is 2.47. The Balaban J connectivity index is 2.36. The van der Waals surface area contributed by atoms with Gasteiger partial charge in [-0.05, 0) is 18.9 Å². The van der Waals surface area contributed by atoms with Gasteiger partial charge < -0.3 is 15.5 Å². The van der Waals surface area contributed by atoms with Gasteiger partial charge in [0.2, 0.25) is 0 Å². The van der Waals surface area contributed by atoms with Gasteiger partial charge in [-0.3, -0.25) is 0 Å². The van der Waals surface area contributed by atoms with Crippen molar-refractivity contribution in [3.63, 3.8) is 0 Å². The average molecular weight is 273 g/mol. The van der Waals surface area contributed by atoms with Crippen LogP contribution in [0.15, 0.2) is 12.3 Å². The van der Waals surface area contributed by atoms with Gasteiger partial charge in [-0.15, -0.1) is 0 Å². The summed E-state index contributed by atoms with van der Waals surface area (Å²) in [5.74, 6) is -0.538. The van der Waals surface area contributed by atoms with E-state index in [4.69, 9.17) is 21.8 Å². The van der Waals surface area contributed by atoms with E-state index in [2.05, 4.69) is 10.3 Å². The van der Waals surface area contributed by atoms with Gasteiger partial charge >= 0.3 is 5.97 Å². The molecule has 0 aliphatic heterocycles. The topological polar surface area (TPSA) is 82.5 Å². The first kappa shape index (κ1) is 14.7. The molecular weight excluding hydrogens is 256 g/mol. The number of unbranched alkanes of at least 4 members (excludes halogenated alkanes) is 3. The van der Waals surface area contributed by atoms with Gasteiger partial charge in [0.1, 0.15) is 5.82 Å². The molecule has 1 aromatic heterocycles. The van der Waals surface area contributed by atoms with Crippen LogP contribution < -0.4 is 5.32 Å². The van der Waals surface area contributed by atoms with Gasteiger partial charge in [0.25, 0.3) is 0 Å². The number of carbonyl (C=O) groups is 1. The zero-order valence-electron chi connectivity index (χ0n) is 10.0. The quantitative estimate of drug-likeness (QED) is 0.633. The third-order valence-corrected chi connectivity index (χ3v) is 2.75. The van der Waals surface area contributed by atoms with E-state index in [0.717, 1.165) is 32.2 Å². The molecule has 0 bridgehead atoms. The average Bonchev–Trinajstić information content (AvgIpc) is 2.35. The molecule has 0 saturated heterocycles. The summed E-state index contributed by atoms with van der Waals surface area (Å²) in [4.78, 5) is 14.7. The smallest absolute Gasteiger partial charge is 0.337 e. The zero-order chi connectivity index (χ0) is 13.4. The molecule has 0 atom stereocenters. The van der Waals surface area contributed by atoms with Crippen molar-refractivity contribution in [2.75, 3.05) is 18.5 Å². The van der Waals surface area contributed by atoms with E-state index < -0.39 is 5.97 Å². The molecule has 5 nitrogen and oxygen atoms in total. The minimum Gasteiger partial charge on any atom is -0.478 e. The zero-order valence-corrected chi connectivity index (χ0v) is 10.8. The Bertz CT molecular complexity index is 399. The van der Waals surface area contributed by atoms with E-state index in [0.29, 0.717) is 10.8 Å². The molecule has 0 fully saturated rings. The van der Waals surface area contributed by atoms with Crippen LogP contribution in [0.5, 0.6) is 0 Å². The van der Waals surface area contributed by atoms with E-state index in [-0.39, 0.29) is 12.2 Å². The number of aliphatic hydroxyl groups excluding tert-OH is 1. The highest BCUT2D eigenvalue weighted by Crippen LogP contribution is 2.20. The maximum atomic E-state index is 10.7. The van der Waals surface area contributed by atoms with Crippen molar-refractivity contribution in [3.05, 3.63) is 22.8 Å². The van der Waals surface area contributed by atoms with Crippen LogP contribution >= 0.6 is 11.6 Å². The van der Waals surface area contributed by atoms with Crippen LogP contribution in [0.3, 0.4) is 0 Å². The van der Waals surface area contributed by atoms with Gasteiger partial charge in [0.15, 0.2) is 0 Å². The predicted molar refractivity (Wildman–Crippen MR) is 70.2 cm³/mol. The number of aliphatic hydroxyl groups is 1. The van der Waals surface area contributed by atoms with Crippen LogP contribution in [0.2, 0.25) is 5.02 Å². The summed E-state index contributed by atoms with van der Waals surface area (Å²) in [6.45, 7) is 0.960. The second kappa shape index (κ2) is 7.89. The maximum absolute atomic E-state index is 10.7. The molecule has 0 spiro atoms. The first-order valence-electron chi connectivity index (χ1n) is 5.88. The van der Waals surface area contributed by atoms with Gasteiger partial charge in [-0.25, -0.2) is 9.78 Å².